The predicted octanol–water partition coefficient (Wildman–Crippen LogP) is 1.80. The summed E-state index contributed by atoms with van der Waals surface area (Å²) in [6.45, 7) is 7.44. The van der Waals surface area contributed by atoms with Crippen LogP contribution in [0.2, 0.25) is 0 Å². The van der Waals surface area contributed by atoms with E-state index in [2.05, 4.69) is 18.7 Å². The van der Waals surface area contributed by atoms with Crippen LogP contribution in [0.25, 0.3) is 0 Å². The van der Waals surface area contributed by atoms with E-state index in [1.54, 1.807) is 0 Å². The van der Waals surface area contributed by atoms with Crippen molar-refractivity contribution in [3.8, 4) is 0 Å². The molecule has 1 aliphatic heterocycles. The molecular weight excluding hydrogens is 232 g/mol. The monoisotopic (exact) mass is 256 g/mol. The topological polar surface area (TPSA) is 38.5 Å². The van der Waals surface area contributed by atoms with Gasteiger partial charge in [0.05, 0.1) is 6.61 Å². The maximum absolute atomic E-state index is 5.69. The van der Waals surface area contributed by atoms with Crippen LogP contribution in [0.3, 0.4) is 0 Å². The lowest BCUT2D eigenvalue weighted by Gasteiger charge is -2.42. The molecule has 4 unspecified atom stereocenters. The van der Waals surface area contributed by atoms with Gasteiger partial charge in [-0.1, -0.05) is 26.1 Å². The summed E-state index contributed by atoms with van der Waals surface area (Å²) in [7, 11) is 0. The summed E-state index contributed by atoms with van der Waals surface area (Å²) >= 11 is 5.04. The molecule has 1 heterocycles. The summed E-state index contributed by atoms with van der Waals surface area (Å²) < 4.78 is 5.60. The summed E-state index contributed by atoms with van der Waals surface area (Å²) in [6.07, 6.45) is 3.94. The van der Waals surface area contributed by atoms with Crippen LogP contribution in [0, 0.1) is 11.8 Å². The van der Waals surface area contributed by atoms with Crippen LogP contribution >= 0.6 is 12.2 Å². The van der Waals surface area contributed by atoms with Crippen LogP contribution < -0.4 is 5.73 Å². The molecule has 0 aromatic carbocycles. The summed E-state index contributed by atoms with van der Waals surface area (Å²) in [5.41, 5.74) is 5.69. The fourth-order valence-corrected chi connectivity index (χ4v) is 3.17. The van der Waals surface area contributed by atoms with E-state index in [4.69, 9.17) is 22.7 Å². The highest BCUT2D eigenvalue weighted by molar-refractivity contribution is 7.80. The zero-order valence-corrected chi connectivity index (χ0v) is 11.7. The SMILES string of the molecule is CC1CCC(N2CCOC(C(N)=S)C2)CC1C. The van der Waals surface area contributed by atoms with E-state index in [-0.39, 0.29) is 6.10 Å². The van der Waals surface area contributed by atoms with E-state index in [0.717, 1.165) is 31.5 Å². The van der Waals surface area contributed by atoms with Gasteiger partial charge in [0.25, 0.3) is 0 Å². The maximum atomic E-state index is 5.69. The quantitative estimate of drug-likeness (QED) is 0.765. The molecule has 1 saturated carbocycles. The zero-order valence-electron chi connectivity index (χ0n) is 10.9. The maximum Gasteiger partial charge on any atom is 0.120 e. The lowest BCUT2D eigenvalue weighted by Crippen LogP contribution is -2.52. The molecule has 2 fully saturated rings. The number of thiocarbonyl (C=S) groups is 1. The Labute approximate surface area is 110 Å². The van der Waals surface area contributed by atoms with Crippen LogP contribution in [0.1, 0.15) is 33.1 Å². The molecule has 1 saturated heterocycles. The molecule has 3 nitrogen and oxygen atoms in total. The van der Waals surface area contributed by atoms with E-state index in [0.29, 0.717) is 11.0 Å². The minimum absolute atomic E-state index is 0.0339. The zero-order chi connectivity index (χ0) is 12.4. The first kappa shape index (κ1) is 13.2. The van der Waals surface area contributed by atoms with Crippen molar-refractivity contribution < 1.29 is 4.74 Å². The highest BCUT2D eigenvalue weighted by Gasteiger charge is 2.32. The largest absolute Gasteiger partial charge is 0.391 e. The van der Waals surface area contributed by atoms with Gasteiger partial charge in [-0.05, 0) is 31.1 Å². The average Bonchev–Trinajstić information content (AvgIpc) is 2.33. The van der Waals surface area contributed by atoms with Crippen molar-refractivity contribution >= 4 is 17.2 Å². The molecule has 17 heavy (non-hydrogen) atoms. The van der Waals surface area contributed by atoms with Gasteiger partial charge < -0.3 is 10.5 Å². The van der Waals surface area contributed by atoms with Gasteiger partial charge in [0.1, 0.15) is 11.1 Å². The van der Waals surface area contributed by atoms with E-state index < -0.39 is 0 Å². The van der Waals surface area contributed by atoms with Gasteiger partial charge in [-0.2, -0.15) is 0 Å². The molecule has 98 valence electrons. The fraction of sp³-hybridized carbons (Fsp3) is 0.923. The van der Waals surface area contributed by atoms with Crippen molar-refractivity contribution in [2.24, 2.45) is 17.6 Å². The highest BCUT2D eigenvalue weighted by Crippen LogP contribution is 2.32. The van der Waals surface area contributed by atoms with E-state index >= 15 is 0 Å². The number of hydrogen-bond donors (Lipinski definition) is 1. The van der Waals surface area contributed by atoms with Gasteiger partial charge in [0, 0.05) is 19.1 Å². The number of morpholine rings is 1. The van der Waals surface area contributed by atoms with Gasteiger partial charge in [-0.25, -0.2) is 0 Å². The number of hydrogen-bond acceptors (Lipinski definition) is 3. The van der Waals surface area contributed by atoms with Crippen LogP contribution in [0.4, 0.5) is 0 Å². The third-order valence-electron chi connectivity index (χ3n) is 4.50. The molecule has 0 spiro atoms. The van der Waals surface area contributed by atoms with E-state index in [1.807, 2.05) is 0 Å². The Balaban J connectivity index is 1.91. The molecule has 2 aliphatic rings. The third kappa shape index (κ3) is 3.18. The first-order chi connectivity index (χ1) is 8.08. The Kier molecular flexibility index (Phi) is 4.39. The van der Waals surface area contributed by atoms with Crippen molar-refractivity contribution in [1.82, 2.24) is 4.90 Å². The highest BCUT2D eigenvalue weighted by atomic mass is 32.1. The second kappa shape index (κ2) is 5.63. The minimum atomic E-state index is -0.0339. The minimum Gasteiger partial charge on any atom is -0.391 e. The van der Waals surface area contributed by atoms with E-state index in [1.165, 1.54) is 19.3 Å². The first-order valence-electron chi connectivity index (χ1n) is 6.73. The van der Waals surface area contributed by atoms with Gasteiger partial charge in [-0.3, -0.25) is 4.90 Å². The van der Waals surface area contributed by atoms with Gasteiger partial charge in [-0.15, -0.1) is 0 Å². The first-order valence-corrected chi connectivity index (χ1v) is 7.13. The predicted molar refractivity (Wildman–Crippen MR) is 74.1 cm³/mol. The van der Waals surface area contributed by atoms with Crippen molar-refractivity contribution in [3.05, 3.63) is 0 Å². The van der Waals surface area contributed by atoms with Gasteiger partial charge >= 0.3 is 0 Å². The molecule has 0 aromatic heterocycles. The fourth-order valence-electron chi connectivity index (χ4n) is 3.02. The van der Waals surface area contributed by atoms with Crippen LogP contribution in [0.5, 0.6) is 0 Å². The molecule has 4 heteroatoms. The molecule has 2 rings (SSSR count). The molecule has 4 atom stereocenters. The van der Waals surface area contributed by atoms with Gasteiger partial charge in [0.2, 0.25) is 0 Å². The van der Waals surface area contributed by atoms with Crippen molar-refractivity contribution in [3.63, 3.8) is 0 Å². The average molecular weight is 256 g/mol. The van der Waals surface area contributed by atoms with Crippen LogP contribution in [-0.2, 0) is 4.74 Å². The standard InChI is InChI=1S/C13H24N2OS/c1-9-3-4-11(7-10(9)2)15-5-6-16-12(8-15)13(14)17/h9-12H,3-8H2,1-2H3,(H2,14,17). The molecule has 0 bridgehead atoms. The normalized spacial score (nSPS) is 40.1. The summed E-state index contributed by atoms with van der Waals surface area (Å²) in [6, 6.07) is 0.710. The molecule has 0 amide bonds. The summed E-state index contributed by atoms with van der Waals surface area (Å²) in [4.78, 5) is 3.04. The molecule has 0 aromatic rings. The number of nitrogens with two attached hydrogens (primary N) is 1. The molecular formula is C13H24N2OS. The molecule has 0 radical (unpaired) electrons. The van der Waals surface area contributed by atoms with E-state index in [9.17, 15) is 0 Å². The second-order valence-corrected chi connectivity index (χ2v) is 6.15. The smallest absolute Gasteiger partial charge is 0.120 e. The number of rotatable bonds is 2. The van der Waals surface area contributed by atoms with Crippen LogP contribution in [-0.4, -0.2) is 41.7 Å². The van der Waals surface area contributed by atoms with Gasteiger partial charge in [0.15, 0.2) is 0 Å². The number of nitrogens with zero attached hydrogens (tertiary/aromatic N) is 1. The number of ether oxygens (including phenoxy) is 1. The summed E-state index contributed by atoms with van der Waals surface area (Å²) in [5.74, 6) is 1.71. The van der Waals surface area contributed by atoms with Crippen molar-refractivity contribution in [1.29, 1.82) is 0 Å². The molecule has 2 N–H and O–H groups in total. The Morgan fingerprint density at radius 1 is 1.29 bits per heavy atom. The van der Waals surface area contributed by atoms with Crippen LogP contribution in [0.15, 0.2) is 0 Å². The van der Waals surface area contributed by atoms with Crippen molar-refractivity contribution in [2.45, 2.75) is 45.3 Å². The lowest BCUT2D eigenvalue weighted by molar-refractivity contribution is -0.0248. The lowest BCUT2D eigenvalue weighted by atomic mass is 9.78. The second-order valence-electron chi connectivity index (χ2n) is 5.68. The molecule has 1 aliphatic carbocycles. The third-order valence-corrected chi connectivity index (χ3v) is 4.76. The Bertz CT molecular complexity index is 285. The van der Waals surface area contributed by atoms with Crippen molar-refractivity contribution in [2.75, 3.05) is 19.7 Å². The Morgan fingerprint density at radius 2 is 2.06 bits per heavy atom. The Morgan fingerprint density at radius 3 is 2.71 bits per heavy atom. The summed E-state index contributed by atoms with van der Waals surface area (Å²) in [5, 5.41) is 0. The Hall–Kier alpha value is -0.190.